The Kier molecular flexibility index (Phi) is 3.72. The molecule has 0 aliphatic carbocycles. The van der Waals surface area contributed by atoms with Gasteiger partial charge in [-0.3, -0.25) is 4.79 Å². The summed E-state index contributed by atoms with van der Waals surface area (Å²) in [6.45, 7) is 4.11. The molecule has 1 saturated heterocycles. The molecular formula is C13H18N2O3. The van der Waals surface area contributed by atoms with Crippen LogP contribution in [0.3, 0.4) is 0 Å². The number of phenols is 1. The van der Waals surface area contributed by atoms with Gasteiger partial charge in [-0.2, -0.15) is 0 Å². The first kappa shape index (κ1) is 12.7. The highest BCUT2D eigenvalue weighted by Gasteiger charge is 2.24. The standard InChI is InChI=1S/C13H18N2O3/c1-9-8-15(7-6-14-9)13(17)10-4-3-5-11(18-2)12(10)16/h3-5,9,14,16H,6-8H2,1-2H3. The molecular weight excluding hydrogens is 232 g/mol. The Morgan fingerprint density at radius 3 is 3.00 bits per heavy atom. The van der Waals surface area contributed by atoms with E-state index in [9.17, 15) is 9.90 Å². The Morgan fingerprint density at radius 2 is 2.33 bits per heavy atom. The third-order valence-electron chi connectivity index (χ3n) is 3.11. The van der Waals surface area contributed by atoms with Gasteiger partial charge in [0, 0.05) is 25.7 Å². The number of hydrogen-bond acceptors (Lipinski definition) is 4. The average molecular weight is 250 g/mol. The van der Waals surface area contributed by atoms with Crippen LogP contribution in [0.5, 0.6) is 11.5 Å². The second-order valence-corrected chi connectivity index (χ2v) is 4.46. The maximum Gasteiger partial charge on any atom is 0.257 e. The first-order chi connectivity index (χ1) is 8.63. The van der Waals surface area contributed by atoms with Gasteiger partial charge < -0.3 is 20.1 Å². The van der Waals surface area contributed by atoms with Crippen LogP contribution in [0.1, 0.15) is 17.3 Å². The van der Waals surface area contributed by atoms with E-state index in [0.717, 1.165) is 6.54 Å². The Labute approximate surface area is 106 Å². The van der Waals surface area contributed by atoms with Crippen molar-refractivity contribution in [2.75, 3.05) is 26.7 Å². The molecule has 5 heteroatoms. The van der Waals surface area contributed by atoms with Crippen LogP contribution in [0, 0.1) is 0 Å². The fourth-order valence-electron chi connectivity index (χ4n) is 2.15. The summed E-state index contributed by atoms with van der Waals surface area (Å²) in [4.78, 5) is 14.1. The van der Waals surface area contributed by atoms with Crippen LogP contribution in [0.4, 0.5) is 0 Å². The number of ether oxygens (including phenoxy) is 1. The first-order valence-corrected chi connectivity index (χ1v) is 6.02. The minimum absolute atomic E-state index is 0.0869. The maximum atomic E-state index is 12.3. The summed E-state index contributed by atoms with van der Waals surface area (Å²) in [6.07, 6.45) is 0. The zero-order valence-electron chi connectivity index (χ0n) is 10.6. The summed E-state index contributed by atoms with van der Waals surface area (Å²) >= 11 is 0. The molecule has 18 heavy (non-hydrogen) atoms. The quantitative estimate of drug-likeness (QED) is 0.816. The first-order valence-electron chi connectivity index (χ1n) is 6.02. The lowest BCUT2D eigenvalue weighted by atomic mass is 10.1. The number of nitrogens with one attached hydrogen (secondary N) is 1. The van der Waals surface area contributed by atoms with Gasteiger partial charge in [0.2, 0.25) is 0 Å². The van der Waals surface area contributed by atoms with Crippen LogP contribution in [-0.2, 0) is 0 Å². The van der Waals surface area contributed by atoms with Gasteiger partial charge in [-0.25, -0.2) is 0 Å². The van der Waals surface area contributed by atoms with Gasteiger partial charge in [-0.15, -0.1) is 0 Å². The molecule has 0 radical (unpaired) electrons. The molecule has 2 rings (SSSR count). The van der Waals surface area contributed by atoms with Crippen molar-refractivity contribution in [3.05, 3.63) is 23.8 Å². The van der Waals surface area contributed by atoms with E-state index < -0.39 is 0 Å². The summed E-state index contributed by atoms with van der Waals surface area (Å²) in [5.41, 5.74) is 0.295. The molecule has 1 heterocycles. The molecule has 1 aromatic carbocycles. The number of rotatable bonds is 2. The van der Waals surface area contributed by atoms with E-state index in [0.29, 0.717) is 24.4 Å². The zero-order chi connectivity index (χ0) is 13.1. The summed E-state index contributed by atoms with van der Waals surface area (Å²) in [5, 5.41) is 13.2. The number of phenolic OH excluding ortho intramolecular Hbond substituents is 1. The van der Waals surface area contributed by atoms with Crippen LogP contribution < -0.4 is 10.1 Å². The van der Waals surface area contributed by atoms with E-state index in [1.54, 1.807) is 23.1 Å². The van der Waals surface area contributed by atoms with E-state index in [-0.39, 0.29) is 17.7 Å². The fraction of sp³-hybridized carbons (Fsp3) is 0.462. The summed E-state index contributed by atoms with van der Waals surface area (Å²) in [6, 6.07) is 5.23. The number of piperazine rings is 1. The highest BCUT2D eigenvalue weighted by molar-refractivity contribution is 5.97. The van der Waals surface area contributed by atoms with Crippen LogP contribution in [0.2, 0.25) is 0 Å². The molecule has 1 fully saturated rings. The number of methoxy groups -OCH3 is 1. The van der Waals surface area contributed by atoms with Gasteiger partial charge in [0.15, 0.2) is 11.5 Å². The van der Waals surface area contributed by atoms with Crippen LogP contribution in [0.25, 0.3) is 0 Å². The van der Waals surface area contributed by atoms with E-state index >= 15 is 0 Å². The normalized spacial score (nSPS) is 19.7. The largest absolute Gasteiger partial charge is 0.504 e. The molecule has 1 aliphatic rings. The van der Waals surface area contributed by atoms with Gasteiger partial charge >= 0.3 is 0 Å². The van der Waals surface area contributed by atoms with Crippen molar-refractivity contribution >= 4 is 5.91 Å². The Bertz CT molecular complexity index is 448. The van der Waals surface area contributed by atoms with Crippen molar-refractivity contribution in [3.8, 4) is 11.5 Å². The van der Waals surface area contributed by atoms with Gasteiger partial charge in [0.1, 0.15) is 0 Å². The van der Waals surface area contributed by atoms with Crippen molar-refractivity contribution in [1.29, 1.82) is 0 Å². The molecule has 2 N–H and O–H groups in total. The Morgan fingerprint density at radius 1 is 1.56 bits per heavy atom. The minimum atomic E-state index is -0.153. The van der Waals surface area contributed by atoms with Crippen molar-refractivity contribution in [3.63, 3.8) is 0 Å². The van der Waals surface area contributed by atoms with Crippen LogP contribution in [-0.4, -0.2) is 48.7 Å². The number of benzene rings is 1. The number of para-hydroxylation sites is 1. The van der Waals surface area contributed by atoms with E-state index in [1.165, 1.54) is 7.11 Å². The fourth-order valence-corrected chi connectivity index (χ4v) is 2.15. The molecule has 1 aromatic rings. The number of amides is 1. The highest BCUT2D eigenvalue weighted by Crippen LogP contribution is 2.30. The predicted octanol–water partition coefficient (Wildman–Crippen LogP) is 0.835. The molecule has 1 aliphatic heterocycles. The smallest absolute Gasteiger partial charge is 0.257 e. The molecule has 1 amide bonds. The minimum Gasteiger partial charge on any atom is -0.504 e. The lowest BCUT2D eigenvalue weighted by molar-refractivity contribution is 0.0705. The molecule has 0 aromatic heterocycles. The van der Waals surface area contributed by atoms with Gasteiger partial charge in [0.25, 0.3) is 5.91 Å². The third kappa shape index (κ3) is 2.41. The second kappa shape index (κ2) is 5.27. The third-order valence-corrected chi connectivity index (χ3v) is 3.11. The number of nitrogens with zero attached hydrogens (tertiary/aromatic N) is 1. The highest BCUT2D eigenvalue weighted by atomic mass is 16.5. The number of hydrogen-bond donors (Lipinski definition) is 2. The Balaban J connectivity index is 2.23. The Hall–Kier alpha value is -1.75. The van der Waals surface area contributed by atoms with Gasteiger partial charge in [-0.1, -0.05) is 6.07 Å². The molecule has 1 atom stereocenters. The van der Waals surface area contributed by atoms with Crippen LogP contribution >= 0.6 is 0 Å². The van der Waals surface area contributed by atoms with E-state index in [4.69, 9.17) is 4.74 Å². The number of carbonyl (C=O) groups is 1. The summed E-state index contributed by atoms with van der Waals surface area (Å²) in [5.74, 6) is 0.0833. The lowest BCUT2D eigenvalue weighted by Gasteiger charge is -2.32. The summed E-state index contributed by atoms with van der Waals surface area (Å²) < 4.78 is 5.01. The van der Waals surface area contributed by atoms with Gasteiger partial charge in [-0.05, 0) is 19.1 Å². The number of carbonyl (C=O) groups excluding carboxylic acids is 1. The molecule has 0 saturated carbocycles. The lowest BCUT2D eigenvalue weighted by Crippen LogP contribution is -2.51. The molecule has 5 nitrogen and oxygen atoms in total. The predicted molar refractivity (Wildman–Crippen MR) is 68.0 cm³/mol. The number of aromatic hydroxyl groups is 1. The SMILES string of the molecule is COc1cccc(C(=O)N2CCNC(C)C2)c1O. The molecule has 1 unspecified atom stereocenters. The molecule has 0 spiro atoms. The van der Waals surface area contributed by atoms with E-state index in [1.807, 2.05) is 6.92 Å². The van der Waals surface area contributed by atoms with Crippen molar-refractivity contribution in [1.82, 2.24) is 10.2 Å². The van der Waals surface area contributed by atoms with Crippen molar-refractivity contribution < 1.29 is 14.6 Å². The second-order valence-electron chi connectivity index (χ2n) is 4.46. The van der Waals surface area contributed by atoms with Crippen molar-refractivity contribution in [2.24, 2.45) is 0 Å². The average Bonchev–Trinajstić information content (AvgIpc) is 2.38. The molecule has 98 valence electrons. The monoisotopic (exact) mass is 250 g/mol. The van der Waals surface area contributed by atoms with Crippen molar-refractivity contribution in [2.45, 2.75) is 13.0 Å². The van der Waals surface area contributed by atoms with E-state index in [2.05, 4.69) is 5.32 Å². The molecule has 0 bridgehead atoms. The maximum absolute atomic E-state index is 12.3. The van der Waals surface area contributed by atoms with Gasteiger partial charge in [0.05, 0.1) is 12.7 Å². The zero-order valence-corrected chi connectivity index (χ0v) is 10.6. The summed E-state index contributed by atoms with van der Waals surface area (Å²) in [7, 11) is 1.47. The topological polar surface area (TPSA) is 61.8 Å². The van der Waals surface area contributed by atoms with Crippen LogP contribution in [0.15, 0.2) is 18.2 Å².